The zero-order valence-electron chi connectivity index (χ0n) is 9.64. The molecule has 13 heavy (non-hydrogen) atoms. The molecule has 0 nitrogen and oxygen atoms in total. The molecule has 0 fully saturated rings. The van der Waals surface area contributed by atoms with Gasteiger partial charge in [0.25, 0.3) is 0 Å². The maximum atomic E-state index is 2.47. The van der Waals surface area contributed by atoms with Crippen LogP contribution in [0.15, 0.2) is 12.2 Å². The van der Waals surface area contributed by atoms with E-state index in [1.807, 2.05) is 0 Å². The highest BCUT2D eigenvalue weighted by Gasteiger charge is 2.26. The molecule has 0 N–H and O–H groups in total. The fraction of sp³-hybridized carbons (Fsp3) is 0.846. The lowest BCUT2D eigenvalue weighted by Crippen LogP contribution is -2.21. The van der Waals surface area contributed by atoms with Gasteiger partial charge in [-0.2, -0.15) is 0 Å². The second-order valence-electron chi connectivity index (χ2n) is 5.25. The summed E-state index contributed by atoms with van der Waals surface area (Å²) in [5.41, 5.74) is 0.502. The first-order chi connectivity index (χ1) is 6.06. The van der Waals surface area contributed by atoms with Gasteiger partial charge in [0, 0.05) is 0 Å². The maximum Gasteiger partial charge on any atom is -0.0144 e. The van der Waals surface area contributed by atoms with Crippen molar-refractivity contribution < 1.29 is 0 Å². The van der Waals surface area contributed by atoms with Crippen molar-refractivity contribution >= 4 is 0 Å². The highest BCUT2D eigenvalue weighted by Crippen LogP contribution is 2.38. The first-order valence-electron chi connectivity index (χ1n) is 5.75. The van der Waals surface area contributed by atoms with E-state index in [2.05, 4.69) is 39.8 Å². The second kappa shape index (κ2) is 4.30. The molecule has 0 heteroatoms. The summed E-state index contributed by atoms with van der Waals surface area (Å²) in [6.45, 7) is 9.40. The highest BCUT2D eigenvalue weighted by molar-refractivity contribution is 5.04. The van der Waals surface area contributed by atoms with Gasteiger partial charge in [-0.1, -0.05) is 46.3 Å². The monoisotopic (exact) mass is 180 g/mol. The quantitative estimate of drug-likeness (QED) is 0.564. The van der Waals surface area contributed by atoms with Gasteiger partial charge in [0.05, 0.1) is 0 Å². The molecule has 0 radical (unpaired) electrons. The van der Waals surface area contributed by atoms with Crippen molar-refractivity contribution in [2.45, 2.75) is 53.4 Å². The van der Waals surface area contributed by atoms with Gasteiger partial charge in [-0.25, -0.2) is 0 Å². The summed E-state index contributed by atoms with van der Waals surface area (Å²) in [6, 6.07) is 0. The van der Waals surface area contributed by atoms with Crippen molar-refractivity contribution in [3.8, 4) is 0 Å². The number of hydrogen-bond donors (Lipinski definition) is 0. The Morgan fingerprint density at radius 2 is 2.23 bits per heavy atom. The summed E-state index contributed by atoms with van der Waals surface area (Å²) in [5.74, 6) is 1.69. The van der Waals surface area contributed by atoms with Crippen molar-refractivity contribution in [2.24, 2.45) is 17.3 Å². The maximum absolute atomic E-state index is 2.47. The van der Waals surface area contributed by atoms with Gasteiger partial charge in [-0.15, -0.1) is 0 Å². The molecule has 0 amide bonds. The smallest absolute Gasteiger partial charge is 0.0144 e. The largest absolute Gasteiger partial charge is 0.0851 e. The van der Waals surface area contributed by atoms with Crippen LogP contribution >= 0.6 is 0 Å². The molecule has 76 valence electrons. The van der Waals surface area contributed by atoms with Crippen LogP contribution in [0.5, 0.6) is 0 Å². The Kier molecular flexibility index (Phi) is 3.58. The normalized spacial score (nSPS) is 36.2. The molecule has 0 aromatic rings. The van der Waals surface area contributed by atoms with Crippen LogP contribution < -0.4 is 0 Å². The Morgan fingerprint density at radius 3 is 2.69 bits per heavy atom. The van der Waals surface area contributed by atoms with Gasteiger partial charge in [0.2, 0.25) is 0 Å². The molecule has 1 aliphatic rings. The standard InChI is InChI=1S/C13H24/c1-5-11(2)10-13(4)8-6-12(3)7-9-13/h6,8,11-12H,5,7,9-10H2,1-4H3. The molecule has 1 rings (SSSR count). The van der Waals surface area contributed by atoms with E-state index in [0.29, 0.717) is 5.41 Å². The van der Waals surface area contributed by atoms with E-state index in [-0.39, 0.29) is 0 Å². The van der Waals surface area contributed by atoms with Crippen LogP contribution in [-0.2, 0) is 0 Å². The minimum atomic E-state index is 0.502. The Bertz CT molecular complexity index is 180. The first kappa shape index (κ1) is 10.8. The lowest BCUT2D eigenvalue weighted by Gasteiger charge is -2.33. The van der Waals surface area contributed by atoms with Gasteiger partial charge >= 0.3 is 0 Å². The molecule has 0 spiro atoms. The fourth-order valence-corrected chi connectivity index (χ4v) is 2.24. The molecule has 3 atom stereocenters. The molecular formula is C13H24. The summed E-state index contributed by atoms with van der Waals surface area (Å²) >= 11 is 0. The average Bonchev–Trinajstić information content (AvgIpc) is 2.10. The van der Waals surface area contributed by atoms with Gasteiger partial charge in [-0.05, 0) is 36.5 Å². The number of allylic oxidation sites excluding steroid dienone is 2. The number of hydrogen-bond acceptors (Lipinski definition) is 0. The van der Waals surface area contributed by atoms with Gasteiger partial charge in [-0.3, -0.25) is 0 Å². The fourth-order valence-electron chi connectivity index (χ4n) is 2.24. The van der Waals surface area contributed by atoms with E-state index < -0.39 is 0 Å². The summed E-state index contributed by atoms with van der Waals surface area (Å²) in [6.07, 6.45) is 10.3. The lowest BCUT2D eigenvalue weighted by molar-refractivity contribution is 0.264. The summed E-state index contributed by atoms with van der Waals surface area (Å²) < 4.78 is 0. The van der Waals surface area contributed by atoms with E-state index in [1.54, 1.807) is 0 Å². The second-order valence-corrected chi connectivity index (χ2v) is 5.25. The third-order valence-corrected chi connectivity index (χ3v) is 3.51. The molecule has 0 saturated carbocycles. The van der Waals surface area contributed by atoms with Gasteiger partial charge in [0.1, 0.15) is 0 Å². The summed E-state index contributed by atoms with van der Waals surface area (Å²) in [7, 11) is 0. The van der Waals surface area contributed by atoms with E-state index >= 15 is 0 Å². The highest BCUT2D eigenvalue weighted by atomic mass is 14.3. The predicted molar refractivity (Wildman–Crippen MR) is 59.7 cm³/mol. The van der Waals surface area contributed by atoms with E-state index in [0.717, 1.165) is 11.8 Å². The third kappa shape index (κ3) is 3.17. The third-order valence-electron chi connectivity index (χ3n) is 3.51. The Labute approximate surface area is 83.4 Å². The van der Waals surface area contributed by atoms with Crippen molar-refractivity contribution in [3.05, 3.63) is 12.2 Å². The van der Waals surface area contributed by atoms with Crippen molar-refractivity contribution in [1.82, 2.24) is 0 Å². The molecule has 1 aliphatic carbocycles. The Morgan fingerprint density at radius 1 is 1.54 bits per heavy atom. The van der Waals surface area contributed by atoms with Gasteiger partial charge < -0.3 is 0 Å². The average molecular weight is 180 g/mol. The molecule has 0 aromatic heterocycles. The molecular weight excluding hydrogens is 156 g/mol. The van der Waals surface area contributed by atoms with Crippen molar-refractivity contribution in [1.29, 1.82) is 0 Å². The van der Waals surface area contributed by atoms with Crippen LogP contribution in [0.3, 0.4) is 0 Å². The van der Waals surface area contributed by atoms with E-state index in [1.165, 1.54) is 25.7 Å². The Hall–Kier alpha value is -0.260. The molecule has 0 bridgehead atoms. The molecule has 3 unspecified atom stereocenters. The molecule has 0 aromatic carbocycles. The van der Waals surface area contributed by atoms with Crippen LogP contribution in [0.25, 0.3) is 0 Å². The van der Waals surface area contributed by atoms with E-state index in [4.69, 9.17) is 0 Å². The zero-order chi connectivity index (χ0) is 9.90. The van der Waals surface area contributed by atoms with Crippen molar-refractivity contribution in [2.75, 3.05) is 0 Å². The topological polar surface area (TPSA) is 0 Å². The Balaban J connectivity index is 2.52. The minimum absolute atomic E-state index is 0.502. The predicted octanol–water partition coefficient (Wildman–Crippen LogP) is 4.42. The first-order valence-corrected chi connectivity index (χ1v) is 5.75. The molecule has 0 saturated heterocycles. The van der Waals surface area contributed by atoms with Gasteiger partial charge in [0.15, 0.2) is 0 Å². The minimum Gasteiger partial charge on any atom is -0.0851 e. The van der Waals surface area contributed by atoms with Crippen LogP contribution in [0, 0.1) is 17.3 Å². The SMILES string of the molecule is CCC(C)CC1(C)C=CC(C)CC1. The van der Waals surface area contributed by atoms with Crippen molar-refractivity contribution in [3.63, 3.8) is 0 Å². The van der Waals surface area contributed by atoms with Crippen LogP contribution in [0.4, 0.5) is 0 Å². The zero-order valence-corrected chi connectivity index (χ0v) is 9.64. The van der Waals surface area contributed by atoms with Crippen LogP contribution in [0.2, 0.25) is 0 Å². The molecule has 0 aliphatic heterocycles. The van der Waals surface area contributed by atoms with Crippen LogP contribution in [0.1, 0.15) is 53.4 Å². The summed E-state index contributed by atoms with van der Waals surface area (Å²) in [5, 5.41) is 0. The van der Waals surface area contributed by atoms with E-state index in [9.17, 15) is 0 Å². The summed E-state index contributed by atoms with van der Waals surface area (Å²) in [4.78, 5) is 0. The molecule has 0 heterocycles. The number of rotatable bonds is 3. The van der Waals surface area contributed by atoms with Crippen LogP contribution in [-0.4, -0.2) is 0 Å². The lowest BCUT2D eigenvalue weighted by atomic mass is 9.72.